The SMILES string of the molecule is C=C(CC)NCCCN1CCCCCCCCCCCCCCCCCCCCCC1. The first-order valence-electron chi connectivity index (χ1n) is 14.5. The second-order valence-corrected chi connectivity index (χ2v) is 10.2. The van der Waals surface area contributed by atoms with Crippen LogP contribution in [0.3, 0.4) is 0 Å². The molecule has 1 aliphatic rings. The summed E-state index contributed by atoms with van der Waals surface area (Å²) in [5, 5.41) is 3.48. The lowest BCUT2D eigenvalue weighted by atomic mass is 10.0. The minimum Gasteiger partial charge on any atom is -0.389 e. The number of allylic oxidation sites excluding steroid dienone is 1. The van der Waals surface area contributed by atoms with Crippen molar-refractivity contribution in [1.82, 2.24) is 10.2 Å². The number of rotatable bonds is 6. The standard InChI is InChI=1S/C29H58N2/c1-3-29(2)30-25-24-28-31-26-22-20-18-16-14-12-10-8-6-4-5-7-9-11-13-15-17-19-21-23-27-31/h30H,2-28H2,1H3. The van der Waals surface area contributed by atoms with Crippen LogP contribution in [0.2, 0.25) is 0 Å². The summed E-state index contributed by atoms with van der Waals surface area (Å²) in [5.74, 6) is 0. The Morgan fingerprint density at radius 2 is 0.903 bits per heavy atom. The predicted molar refractivity (Wildman–Crippen MR) is 141 cm³/mol. The average Bonchev–Trinajstić information content (AvgIpc) is 2.78. The number of nitrogens with one attached hydrogen (secondary N) is 1. The largest absolute Gasteiger partial charge is 0.389 e. The number of hydrogen-bond acceptors (Lipinski definition) is 2. The van der Waals surface area contributed by atoms with Gasteiger partial charge in [0.05, 0.1) is 0 Å². The first kappa shape index (κ1) is 28.5. The minimum atomic E-state index is 1.05. The normalized spacial score (nSPS) is 21.3. The zero-order valence-electron chi connectivity index (χ0n) is 21.5. The van der Waals surface area contributed by atoms with E-state index in [2.05, 4.69) is 23.7 Å². The Balaban J connectivity index is 2.26. The maximum atomic E-state index is 4.07. The molecule has 0 bridgehead atoms. The first-order valence-corrected chi connectivity index (χ1v) is 14.5. The highest BCUT2D eigenvalue weighted by Gasteiger charge is 2.05. The van der Waals surface area contributed by atoms with Crippen molar-refractivity contribution in [2.75, 3.05) is 26.2 Å². The molecule has 2 nitrogen and oxygen atoms in total. The van der Waals surface area contributed by atoms with Crippen LogP contribution in [-0.4, -0.2) is 31.1 Å². The number of nitrogens with zero attached hydrogens (tertiary/aromatic N) is 1. The van der Waals surface area contributed by atoms with E-state index in [4.69, 9.17) is 0 Å². The van der Waals surface area contributed by atoms with Crippen molar-refractivity contribution in [1.29, 1.82) is 0 Å². The van der Waals surface area contributed by atoms with E-state index in [-0.39, 0.29) is 0 Å². The lowest BCUT2D eigenvalue weighted by Gasteiger charge is -2.22. The van der Waals surface area contributed by atoms with E-state index in [9.17, 15) is 0 Å². The minimum absolute atomic E-state index is 1.05. The summed E-state index contributed by atoms with van der Waals surface area (Å²) < 4.78 is 0. The molecule has 1 aliphatic heterocycles. The lowest BCUT2D eigenvalue weighted by Crippen LogP contribution is -2.29. The summed E-state index contributed by atoms with van der Waals surface area (Å²) in [5.41, 5.74) is 1.19. The van der Waals surface area contributed by atoms with Crippen LogP contribution >= 0.6 is 0 Å². The van der Waals surface area contributed by atoms with Gasteiger partial charge >= 0.3 is 0 Å². The molecule has 1 heterocycles. The molecule has 0 aromatic carbocycles. The molecule has 0 amide bonds. The van der Waals surface area contributed by atoms with Gasteiger partial charge in [-0.1, -0.05) is 129 Å². The van der Waals surface area contributed by atoms with Gasteiger partial charge < -0.3 is 10.2 Å². The van der Waals surface area contributed by atoms with Gasteiger partial charge in [0.2, 0.25) is 0 Å². The summed E-state index contributed by atoms with van der Waals surface area (Å²) in [6.45, 7) is 11.2. The second-order valence-electron chi connectivity index (χ2n) is 10.2. The van der Waals surface area contributed by atoms with Gasteiger partial charge in [-0.05, 0) is 45.3 Å². The van der Waals surface area contributed by atoms with E-state index in [0.29, 0.717) is 0 Å². The van der Waals surface area contributed by atoms with Crippen LogP contribution in [0.15, 0.2) is 12.3 Å². The monoisotopic (exact) mass is 434 g/mol. The molecule has 0 aliphatic carbocycles. The van der Waals surface area contributed by atoms with Crippen LogP contribution in [0.1, 0.15) is 148 Å². The summed E-state index contributed by atoms with van der Waals surface area (Å²) in [7, 11) is 0. The van der Waals surface area contributed by atoms with Crippen LogP contribution < -0.4 is 5.32 Å². The summed E-state index contributed by atoms with van der Waals surface area (Å²) in [6.07, 6.45) is 31.5. The van der Waals surface area contributed by atoms with E-state index >= 15 is 0 Å². The van der Waals surface area contributed by atoms with Crippen molar-refractivity contribution in [3.63, 3.8) is 0 Å². The molecule has 2 heteroatoms. The van der Waals surface area contributed by atoms with Gasteiger partial charge in [0, 0.05) is 12.2 Å². The van der Waals surface area contributed by atoms with Gasteiger partial charge in [0.25, 0.3) is 0 Å². The molecule has 0 spiro atoms. The van der Waals surface area contributed by atoms with Crippen molar-refractivity contribution in [2.24, 2.45) is 0 Å². The fourth-order valence-electron chi connectivity index (χ4n) is 4.88. The maximum absolute atomic E-state index is 4.07. The topological polar surface area (TPSA) is 15.3 Å². The zero-order chi connectivity index (χ0) is 22.2. The van der Waals surface area contributed by atoms with Gasteiger partial charge in [0.15, 0.2) is 0 Å². The lowest BCUT2D eigenvalue weighted by molar-refractivity contribution is 0.257. The van der Waals surface area contributed by atoms with E-state index in [1.165, 1.54) is 160 Å². The molecule has 1 rings (SSSR count). The highest BCUT2D eigenvalue weighted by Crippen LogP contribution is 2.15. The third-order valence-electron chi connectivity index (χ3n) is 7.15. The van der Waals surface area contributed by atoms with Crippen LogP contribution in [0.4, 0.5) is 0 Å². The summed E-state index contributed by atoms with van der Waals surface area (Å²) in [4.78, 5) is 2.76. The van der Waals surface area contributed by atoms with E-state index in [1.54, 1.807) is 0 Å². The molecule has 1 N–H and O–H groups in total. The zero-order valence-corrected chi connectivity index (χ0v) is 21.5. The average molecular weight is 435 g/mol. The smallest absolute Gasteiger partial charge is 0.0155 e. The molecule has 184 valence electrons. The summed E-state index contributed by atoms with van der Waals surface area (Å²) in [6, 6.07) is 0. The molecule has 0 aromatic heterocycles. The van der Waals surface area contributed by atoms with E-state index in [1.807, 2.05) is 0 Å². The molecule has 0 saturated carbocycles. The molecular formula is C29H58N2. The molecular weight excluding hydrogens is 376 g/mol. The third kappa shape index (κ3) is 19.9. The van der Waals surface area contributed by atoms with Gasteiger partial charge in [-0.2, -0.15) is 0 Å². The Kier molecular flexibility index (Phi) is 20.9. The number of hydrogen-bond donors (Lipinski definition) is 1. The van der Waals surface area contributed by atoms with Gasteiger partial charge in [-0.15, -0.1) is 0 Å². The van der Waals surface area contributed by atoms with E-state index in [0.717, 1.165) is 13.0 Å². The van der Waals surface area contributed by atoms with Crippen molar-refractivity contribution < 1.29 is 0 Å². The molecule has 0 atom stereocenters. The maximum Gasteiger partial charge on any atom is 0.0155 e. The van der Waals surface area contributed by atoms with Crippen LogP contribution in [-0.2, 0) is 0 Å². The third-order valence-corrected chi connectivity index (χ3v) is 7.15. The molecule has 31 heavy (non-hydrogen) atoms. The van der Waals surface area contributed by atoms with Crippen molar-refractivity contribution in [3.8, 4) is 0 Å². The van der Waals surface area contributed by atoms with Crippen molar-refractivity contribution >= 4 is 0 Å². The Morgan fingerprint density at radius 1 is 0.581 bits per heavy atom. The fraction of sp³-hybridized carbons (Fsp3) is 0.931. The first-order chi connectivity index (χ1) is 15.3. The quantitative estimate of drug-likeness (QED) is 0.419. The molecule has 1 saturated heterocycles. The highest BCUT2D eigenvalue weighted by molar-refractivity contribution is 4.88. The molecule has 0 aromatic rings. The van der Waals surface area contributed by atoms with Crippen LogP contribution in [0.25, 0.3) is 0 Å². The Hall–Kier alpha value is -0.500. The Bertz CT molecular complexity index is 355. The van der Waals surface area contributed by atoms with Crippen molar-refractivity contribution in [3.05, 3.63) is 12.3 Å². The highest BCUT2D eigenvalue weighted by atomic mass is 15.1. The van der Waals surface area contributed by atoms with Gasteiger partial charge in [-0.3, -0.25) is 0 Å². The van der Waals surface area contributed by atoms with Gasteiger partial charge in [-0.25, -0.2) is 0 Å². The second kappa shape index (κ2) is 22.7. The molecule has 1 fully saturated rings. The Labute approximate surface area is 197 Å². The van der Waals surface area contributed by atoms with E-state index < -0.39 is 0 Å². The molecule has 0 unspecified atom stereocenters. The fourth-order valence-corrected chi connectivity index (χ4v) is 4.88. The molecule has 0 radical (unpaired) electrons. The summed E-state index contributed by atoms with van der Waals surface area (Å²) >= 11 is 0. The predicted octanol–water partition coefficient (Wildman–Crippen LogP) is 9.01. The van der Waals surface area contributed by atoms with Crippen molar-refractivity contribution in [2.45, 2.75) is 148 Å². The van der Waals surface area contributed by atoms with Crippen LogP contribution in [0, 0.1) is 0 Å². The van der Waals surface area contributed by atoms with Crippen LogP contribution in [0.5, 0.6) is 0 Å². The van der Waals surface area contributed by atoms with Gasteiger partial charge in [0.1, 0.15) is 0 Å². The Morgan fingerprint density at radius 3 is 1.23 bits per heavy atom.